The fraction of sp³-hybridized carbons (Fsp3) is 0.188. The lowest BCUT2D eigenvalue weighted by Crippen LogP contribution is -2.29. The van der Waals surface area contributed by atoms with E-state index in [0.29, 0.717) is 10.6 Å². The van der Waals surface area contributed by atoms with E-state index in [4.69, 9.17) is 16.7 Å². The van der Waals surface area contributed by atoms with E-state index in [0.717, 1.165) is 12.3 Å². The minimum atomic E-state index is -4.04. The van der Waals surface area contributed by atoms with Crippen LogP contribution < -0.4 is 15.8 Å². The minimum Gasteiger partial charge on any atom is -0.382 e. The van der Waals surface area contributed by atoms with Crippen LogP contribution in [0.2, 0.25) is 5.02 Å². The summed E-state index contributed by atoms with van der Waals surface area (Å²) in [4.78, 5) is 11.6. The van der Waals surface area contributed by atoms with E-state index in [1.54, 1.807) is 24.3 Å². The zero-order valence-electron chi connectivity index (χ0n) is 14.3. The lowest BCUT2D eigenvalue weighted by atomic mass is 10.2. The van der Waals surface area contributed by atoms with Crippen molar-refractivity contribution in [1.29, 1.82) is 0 Å². The summed E-state index contributed by atoms with van der Waals surface area (Å²) in [5, 5.41) is 10.9. The molecule has 146 valence electrons. The maximum atomic E-state index is 12.1. The van der Waals surface area contributed by atoms with E-state index in [1.165, 1.54) is 12.1 Å². The standard InChI is InChI=1S/C16H18ClN3O5S2/c1-26(22,23)15-10-11(27(18,24)25)6-7-14(15)19-8-9-20-16(21)12-4-2-3-5-13(12)17/h2-7,10,19H,8-9H2,1H3,(H,20,21)(H2,18,24,25). The Morgan fingerprint density at radius 1 is 1.07 bits per heavy atom. The van der Waals surface area contributed by atoms with Crippen LogP contribution in [-0.4, -0.2) is 42.1 Å². The van der Waals surface area contributed by atoms with Crippen molar-refractivity contribution in [1.82, 2.24) is 5.32 Å². The summed E-state index contributed by atoms with van der Waals surface area (Å²) < 4.78 is 46.7. The Bertz CT molecular complexity index is 1070. The number of nitrogens with two attached hydrogens (primary N) is 1. The summed E-state index contributed by atoms with van der Waals surface area (Å²) >= 11 is 5.95. The third kappa shape index (κ3) is 5.67. The molecule has 4 N–H and O–H groups in total. The van der Waals surface area contributed by atoms with Gasteiger partial charge in [-0.15, -0.1) is 0 Å². The fourth-order valence-corrected chi connectivity index (χ4v) is 3.96. The number of benzene rings is 2. The average Bonchev–Trinajstić information content (AvgIpc) is 2.57. The molecule has 0 aliphatic heterocycles. The van der Waals surface area contributed by atoms with Crippen LogP contribution in [0.15, 0.2) is 52.3 Å². The van der Waals surface area contributed by atoms with Gasteiger partial charge in [-0.25, -0.2) is 22.0 Å². The van der Waals surface area contributed by atoms with Crippen LogP contribution in [0.1, 0.15) is 10.4 Å². The SMILES string of the molecule is CS(=O)(=O)c1cc(S(N)(=O)=O)ccc1NCCNC(=O)c1ccccc1Cl. The van der Waals surface area contributed by atoms with Crippen molar-refractivity contribution >= 4 is 43.1 Å². The highest BCUT2D eigenvalue weighted by molar-refractivity contribution is 7.91. The number of rotatable bonds is 7. The monoisotopic (exact) mass is 431 g/mol. The number of sulfonamides is 1. The van der Waals surface area contributed by atoms with E-state index < -0.39 is 19.9 Å². The number of carbonyl (C=O) groups is 1. The zero-order valence-corrected chi connectivity index (χ0v) is 16.7. The molecule has 0 fully saturated rings. The number of carbonyl (C=O) groups excluding carboxylic acids is 1. The molecular weight excluding hydrogens is 414 g/mol. The van der Waals surface area contributed by atoms with Crippen LogP contribution in [-0.2, 0) is 19.9 Å². The first-order chi connectivity index (χ1) is 12.5. The maximum absolute atomic E-state index is 12.1. The molecular formula is C16H18ClN3O5S2. The first kappa shape index (κ1) is 21.2. The molecule has 0 saturated heterocycles. The quantitative estimate of drug-likeness (QED) is 0.564. The molecule has 8 nitrogen and oxygen atoms in total. The van der Waals surface area contributed by atoms with Gasteiger partial charge in [0.1, 0.15) is 0 Å². The second-order valence-corrected chi connectivity index (χ2v) is 9.59. The molecule has 0 heterocycles. The number of nitrogens with one attached hydrogen (secondary N) is 2. The topological polar surface area (TPSA) is 135 Å². The van der Waals surface area contributed by atoms with Gasteiger partial charge < -0.3 is 10.6 Å². The van der Waals surface area contributed by atoms with Gasteiger partial charge >= 0.3 is 0 Å². The van der Waals surface area contributed by atoms with Crippen molar-refractivity contribution in [2.45, 2.75) is 9.79 Å². The first-order valence-electron chi connectivity index (χ1n) is 7.63. The smallest absolute Gasteiger partial charge is 0.252 e. The van der Waals surface area contributed by atoms with Crippen molar-refractivity contribution in [2.75, 3.05) is 24.7 Å². The number of hydrogen-bond acceptors (Lipinski definition) is 6. The number of primary sulfonamides is 1. The summed E-state index contributed by atoms with van der Waals surface area (Å²) in [6, 6.07) is 10.1. The molecule has 27 heavy (non-hydrogen) atoms. The summed E-state index contributed by atoms with van der Waals surface area (Å²) in [6.07, 6.45) is 0.958. The average molecular weight is 432 g/mol. The molecule has 0 radical (unpaired) electrons. The normalized spacial score (nSPS) is 11.8. The zero-order chi connectivity index (χ0) is 20.2. The van der Waals surface area contributed by atoms with Crippen LogP contribution in [0.25, 0.3) is 0 Å². The molecule has 0 spiro atoms. The number of amides is 1. The highest BCUT2D eigenvalue weighted by atomic mass is 35.5. The fourth-order valence-electron chi connectivity index (χ4n) is 2.25. The van der Waals surface area contributed by atoms with Gasteiger partial charge in [-0.2, -0.15) is 0 Å². The van der Waals surface area contributed by atoms with E-state index in [-0.39, 0.29) is 34.5 Å². The van der Waals surface area contributed by atoms with E-state index in [9.17, 15) is 21.6 Å². The van der Waals surface area contributed by atoms with Crippen LogP contribution >= 0.6 is 11.6 Å². The van der Waals surface area contributed by atoms with Crippen molar-refractivity contribution in [3.63, 3.8) is 0 Å². The Hall–Kier alpha value is -2.14. The highest BCUT2D eigenvalue weighted by Gasteiger charge is 2.18. The Kier molecular flexibility index (Phi) is 6.47. The Labute approximate surface area is 162 Å². The highest BCUT2D eigenvalue weighted by Crippen LogP contribution is 2.24. The molecule has 2 aromatic carbocycles. The molecule has 0 atom stereocenters. The molecule has 11 heteroatoms. The van der Waals surface area contributed by atoms with Crippen LogP contribution in [0.4, 0.5) is 5.69 Å². The van der Waals surface area contributed by atoms with E-state index in [1.807, 2.05) is 0 Å². The third-order valence-electron chi connectivity index (χ3n) is 3.53. The van der Waals surface area contributed by atoms with Gasteiger partial charge in [-0.05, 0) is 30.3 Å². The molecule has 0 aliphatic rings. The summed E-state index contributed by atoms with van der Waals surface area (Å²) in [7, 11) is -7.74. The van der Waals surface area contributed by atoms with Crippen LogP contribution in [0, 0.1) is 0 Å². The van der Waals surface area contributed by atoms with Crippen molar-refractivity contribution < 1.29 is 21.6 Å². The lowest BCUT2D eigenvalue weighted by Gasteiger charge is -2.13. The maximum Gasteiger partial charge on any atom is 0.252 e. The number of halogens is 1. The second kappa shape index (κ2) is 8.26. The molecule has 1 amide bonds. The van der Waals surface area contributed by atoms with Gasteiger partial charge in [0.2, 0.25) is 10.0 Å². The molecule has 0 aromatic heterocycles. The second-order valence-electron chi connectivity index (χ2n) is 5.64. The summed E-state index contributed by atoms with van der Waals surface area (Å²) in [6.45, 7) is 0.387. The van der Waals surface area contributed by atoms with Crippen molar-refractivity contribution in [2.24, 2.45) is 5.14 Å². The molecule has 0 saturated carbocycles. The summed E-state index contributed by atoms with van der Waals surface area (Å²) in [5.74, 6) is -0.365. The van der Waals surface area contributed by atoms with Gasteiger partial charge in [0.15, 0.2) is 9.84 Å². The van der Waals surface area contributed by atoms with Gasteiger partial charge in [0.05, 0.1) is 26.1 Å². The predicted molar refractivity (Wildman–Crippen MR) is 103 cm³/mol. The van der Waals surface area contributed by atoms with Crippen molar-refractivity contribution in [3.05, 3.63) is 53.1 Å². The largest absolute Gasteiger partial charge is 0.382 e. The van der Waals surface area contributed by atoms with Gasteiger partial charge in [0.25, 0.3) is 5.91 Å². The molecule has 0 unspecified atom stereocenters. The van der Waals surface area contributed by atoms with Gasteiger partial charge in [0, 0.05) is 19.3 Å². The lowest BCUT2D eigenvalue weighted by molar-refractivity contribution is 0.0955. The first-order valence-corrected chi connectivity index (χ1v) is 11.5. The number of hydrogen-bond donors (Lipinski definition) is 3. The Morgan fingerprint density at radius 2 is 1.74 bits per heavy atom. The van der Waals surface area contributed by atoms with Crippen LogP contribution in [0.5, 0.6) is 0 Å². The Balaban J connectivity index is 2.08. The number of sulfone groups is 1. The van der Waals surface area contributed by atoms with Crippen LogP contribution in [0.3, 0.4) is 0 Å². The minimum absolute atomic E-state index is 0.185. The Morgan fingerprint density at radius 3 is 2.33 bits per heavy atom. The van der Waals surface area contributed by atoms with Crippen molar-refractivity contribution in [3.8, 4) is 0 Å². The third-order valence-corrected chi connectivity index (χ3v) is 5.90. The van der Waals surface area contributed by atoms with Gasteiger partial charge in [-0.1, -0.05) is 23.7 Å². The summed E-state index contributed by atoms with van der Waals surface area (Å²) in [5.41, 5.74) is 0.533. The van der Waals surface area contributed by atoms with E-state index >= 15 is 0 Å². The predicted octanol–water partition coefficient (Wildman–Crippen LogP) is 1.23. The molecule has 2 rings (SSSR count). The van der Waals surface area contributed by atoms with Gasteiger partial charge in [-0.3, -0.25) is 4.79 Å². The molecule has 0 aliphatic carbocycles. The molecule has 0 bridgehead atoms. The number of anilines is 1. The van der Waals surface area contributed by atoms with E-state index in [2.05, 4.69) is 10.6 Å². The molecule has 2 aromatic rings.